The number of hydrogen-bond donors (Lipinski definition) is 3. The van der Waals surface area contributed by atoms with Gasteiger partial charge in [-0.1, -0.05) is 30.3 Å². The fraction of sp³-hybridized carbons (Fsp3) is 0.462. The Bertz CT molecular complexity index is 514. The van der Waals surface area contributed by atoms with E-state index in [1.807, 2.05) is 30.3 Å². The topological polar surface area (TPSA) is 82.6 Å². The number of sulfonamides is 1. The van der Waals surface area contributed by atoms with Gasteiger partial charge in [-0.15, -0.1) is 0 Å². The number of rotatable bonds is 7. The predicted octanol–water partition coefficient (Wildman–Crippen LogP) is 0.291. The molecular weight excluding hydrogens is 276 g/mol. The molecule has 6 nitrogen and oxygen atoms in total. The molecule has 0 fully saturated rings. The minimum Gasteiger partial charge on any atom is -0.356 e. The van der Waals surface area contributed by atoms with Gasteiger partial charge in [-0.2, -0.15) is 0 Å². The molecular formula is C13H22N4O2S. The van der Waals surface area contributed by atoms with E-state index in [-0.39, 0.29) is 0 Å². The van der Waals surface area contributed by atoms with Crippen molar-refractivity contribution in [3.05, 3.63) is 35.9 Å². The molecule has 0 aliphatic heterocycles. The van der Waals surface area contributed by atoms with E-state index in [0.29, 0.717) is 32.0 Å². The van der Waals surface area contributed by atoms with Gasteiger partial charge in [-0.25, -0.2) is 13.1 Å². The lowest BCUT2D eigenvalue weighted by atomic mass is 10.2. The summed E-state index contributed by atoms with van der Waals surface area (Å²) in [6.07, 6.45) is 1.85. The van der Waals surface area contributed by atoms with Gasteiger partial charge in [-0.3, -0.25) is 4.99 Å². The summed E-state index contributed by atoms with van der Waals surface area (Å²) in [6.45, 7) is 1.76. The molecule has 0 saturated carbocycles. The van der Waals surface area contributed by atoms with Gasteiger partial charge in [0.25, 0.3) is 0 Å². The van der Waals surface area contributed by atoms with E-state index < -0.39 is 10.0 Å². The Morgan fingerprint density at radius 1 is 1.15 bits per heavy atom. The molecule has 20 heavy (non-hydrogen) atoms. The number of benzene rings is 1. The second-order valence-corrected chi connectivity index (χ2v) is 6.19. The molecule has 0 saturated heterocycles. The summed E-state index contributed by atoms with van der Waals surface area (Å²) in [5.41, 5.74) is 1.18. The van der Waals surface area contributed by atoms with Crippen LogP contribution in [0, 0.1) is 0 Å². The fourth-order valence-corrected chi connectivity index (χ4v) is 2.07. The molecule has 0 amide bonds. The second kappa shape index (κ2) is 8.55. The van der Waals surface area contributed by atoms with Crippen LogP contribution in [-0.2, 0) is 16.6 Å². The van der Waals surface area contributed by atoms with Gasteiger partial charge < -0.3 is 10.6 Å². The van der Waals surface area contributed by atoms with Crippen molar-refractivity contribution in [1.29, 1.82) is 0 Å². The summed E-state index contributed by atoms with van der Waals surface area (Å²) in [5.74, 6) is 0.702. The molecule has 0 radical (unpaired) electrons. The molecule has 0 unspecified atom stereocenters. The standard InChI is InChI=1S/C13H22N4O2S/c1-14-13(15-9-6-10-17-20(2,18)19)16-11-12-7-4-3-5-8-12/h3-5,7-8,17H,6,9-11H2,1-2H3,(H2,14,15,16). The number of aliphatic imine (C=N–C) groups is 1. The smallest absolute Gasteiger partial charge is 0.208 e. The van der Waals surface area contributed by atoms with Gasteiger partial charge in [0.1, 0.15) is 0 Å². The Balaban J connectivity index is 2.20. The van der Waals surface area contributed by atoms with Gasteiger partial charge in [0, 0.05) is 26.7 Å². The average Bonchev–Trinajstić information content (AvgIpc) is 2.42. The fourth-order valence-electron chi connectivity index (χ4n) is 1.56. The molecule has 0 spiro atoms. The molecule has 1 rings (SSSR count). The van der Waals surface area contributed by atoms with E-state index >= 15 is 0 Å². The Hall–Kier alpha value is -1.60. The van der Waals surface area contributed by atoms with E-state index in [0.717, 1.165) is 6.26 Å². The van der Waals surface area contributed by atoms with Crippen LogP contribution in [0.1, 0.15) is 12.0 Å². The third-order valence-corrected chi connectivity index (χ3v) is 3.27. The van der Waals surface area contributed by atoms with Crippen LogP contribution < -0.4 is 15.4 Å². The molecule has 0 aromatic heterocycles. The number of nitrogens with one attached hydrogen (secondary N) is 3. The second-order valence-electron chi connectivity index (χ2n) is 4.36. The molecule has 3 N–H and O–H groups in total. The van der Waals surface area contributed by atoms with Crippen molar-refractivity contribution in [1.82, 2.24) is 15.4 Å². The molecule has 1 aromatic rings. The summed E-state index contributed by atoms with van der Waals surface area (Å²) in [5, 5.41) is 6.32. The van der Waals surface area contributed by atoms with Crippen molar-refractivity contribution >= 4 is 16.0 Å². The van der Waals surface area contributed by atoms with Gasteiger partial charge in [0.15, 0.2) is 5.96 Å². The van der Waals surface area contributed by atoms with Crippen LogP contribution in [0.15, 0.2) is 35.3 Å². The van der Waals surface area contributed by atoms with E-state index in [2.05, 4.69) is 20.3 Å². The van der Waals surface area contributed by atoms with Gasteiger partial charge in [0.2, 0.25) is 10.0 Å². The number of nitrogens with zero attached hydrogens (tertiary/aromatic N) is 1. The molecule has 7 heteroatoms. The minimum absolute atomic E-state index is 0.418. The van der Waals surface area contributed by atoms with Crippen LogP contribution in [0.5, 0.6) is 0 Å². The first-order valence-corrected chi connectivity index (χ1v) is 8.33. The number of guanidine groups is 1. The zero-order valence-corrected chi connectivity index (χ0v) is 12.7. The molecule has 112 valence electrons. The first kappa shape index (κ1) is 16.5. The average molecular weight is 298 g/mol. The number of hydrogen-bond acceptors (Lipinski definition) is 3. The lowest BCUT2D eigenvalue weighted by Crippen LogP contribution is -2.38. The summed E-state index contributed by atoms with van der Waals surface area (Å²) in [4.78, 5) is 4.11. The maximum absolute atomic E-state index is 10.9. The maximum Gasteiger partial charge on any atom is 0.208 e. The van der Waals surface area contributed by atoms with Crippen molar-refractivity contribution in [3.63, 3.8) is 0 Å². The Labute approximate surface area is 120 Å². The van der Waals surface area contributed by atoms with Crippen LogP contribution in [0.4, 0.5) is 0 Å². The Morgan fingerprint density at radius 3 is 2.45 bits per heavy atom. The maximum atomic E-state index is 10.9. The lowest BCUT2D eigenvalue weighted by molar-refractivity contribution is 0.584. The first-order valence-electron chi connectivity index (χ1n) is 6.44. The Morgan fingerprint density at radius 2 is 1.85 bits per heavy atom. The van der Waals surface area contributed by atoms with Crippen molar-refractivity contribution in [2.45, 2.75) is 13.0 Å². The highest BCUT2D eigenvalue weighted by atomic mass is 32.2. The van der Waals surface area contributed by atoms with Crippen molar-refractivity contribution in [2.75, 3.05) is 26.4 Å². The minimum atomic E-state index is -3.10. The van der Waals surface area contributed by atoms with Crippen molar-refractivity contribution in [3.8, 4) is 0 Å². The lowest BCUT2D eigenvalue weighted by Gasteiger charge is -2.11. The van der Waals surface area contributed by atoms with E-state index in [1.54, 1.807) is 7.05 Å². The highest BCUT2D eigenvalue weighted by molar-refractivity contribution is 7.88. The molecule has 0 aliphatic carbocycles. The zero-order valence-electron chi connectivity index (χ0n) is 11.9. The third kappa shape index (κ3) is 7.75. The summed E-state index contributed by atoms with van der Waals surface area (Å²) in [6, 6.07) is 10.0. The quantitative estimate of drug-likeness (QED) is 0.384. The Kier molecular flexibility index (Phi) is 7.03. The molecule has 0 aliphatic rings. The highest BCUT2D eigenvalue weighted by Gasteiger charge is 2.00. The highest BCUT2D eigenvalue weighted by Crippen LogP contribution is 1.96. The van der Waals surface area contributed by atoms with Crippen LogP contribution >= 0.6 is 0 Å². The third-order valence-electron chi connectivity index (χ3n) is 2.54. The zero-order chi connectivity index (χ0) is 14.8. The van der Waals surface area contributed by atoms with Gasteiger partial charge in [-0.05, 0) is 12.0 Å². The van der Waals surface area contributed by atoms with Crippen LogP contribution in [-0.4, -0.2) is 40.8 Å². The van der Waals surface area contributed by atoms with Gasteiger partial charge in [0.05, 0.1) is 6.26 Å². The summed E-state index contributed by atoms with van der Waals surface area (Å²) in [7, 11) is -1.40. The summed E-state index contributed by atoms with van der Waals surface area (Å²) < 4.78 is 24.2. The monoisotopic (exact) mass is 298 g/mol. The van der Waals surface area contributed by atoms with Crippen LogP contribution in [0.3, 0.4) is 0 Å². The normalized spacial score (nSPS) is 12.2. The van der Waals surface area contributed by atoms with Gasteiger partial charge >= 0.3 is 0 Å². The van der Waals surface area contributed by atoms with Crippen molar-refractivity contribution in [2.24, 2.45) is 4.99 Å². The van der Waals surface area contributed by atoms with E-state index in [1.165, 1.54) is 5.56 Å². The molecule has 0 bridgehead atoms. The largest absolute Gasteiger partial charge is 0.356 e. The molecule has 0 atom stereocenters. The summed E-state index contributed by atoms with van der Waals surface area (Å²) >= 11 is 0. The first-order chi connectivity index (χ1) is 9.51. The van der Waals surface area contributed by atoms with Crippen LogP contribution in [0.25, 0.3) is 0 Å². The predicted molar refractivity (Wildman–Crippen MR) is 82.1 cm³/mol. The van der Waals surface area contributed by atoms with E-state index in [4.69, 9.17) is 0 Å². The van der Waals surface area contributed by atoms with E-state index in [9.17, 15) is 8.42 Å². The van der Waals surface area contributed by atoms with Crippen LogP contribution in [0.2, 0.25) is 0 Å². The SMILES string of the molecule is CN=C(NCCCNS(C)(=O)=O)NCc1ccccc1. The molecule has 0 heterocycles. The molecule has 1 aromatic carbocycles. The van der Waals surface area contributed by atoms with Crippen molar-refractivity contribution < 1.29 is 8.42 Å².